The molecule has 0 N–H and O–H groups in total. The van der Waals surface area contributed by atoms with Gasteiger partial charge in [-0.3, -0.25) is 0 Å². The predicted molar refractivity (Wildman–Crippen MR) is 56.6 cm³/mol. The predicted octanol–water partition coefficient (Wildman–Crippen LogP) is 3.99. The molecule has 0 aromatic carbocycles. The number of rotatable bonds is 2. The van der Waals surface area contributed by atoms with E-state index in [1.165, 1.54) is 43.9 Å². The summed E-state index contributed by atoms with van der Waals surface area (Å²) in [6, 6.07) is 0. The van der Waals surface area contributed by atoms with Gasteiger partial charge >= 0.3 is 0 Å². The average molecular weight is 231 g/mol. The summed E-state index contributed by atoms with van der Waals surface area (Å²) in [5.41, 5.74) is 0.816. The lowest BCUT2D eigenvalue weighted by atomic mass is 9.74. The number of halogens is 1. The van der Waals surface area contributed by atoms with Crippen LogP contribution in [0.4, 0.5) is 0 Å². The molecule has 0 aromatic heterocycles. The quantitative estimate of drug-likeness (QED) is 0.630. The Balaban J connectivity index is 2.02. The van der Waals surface area contributed by atoms with Crippen molar-refractivity contribution in [3.8, 4) is 0 Å². The molecule has 3 atom stereocenters. The molecule has 2 fully saturated rings. The van der Waals surface area contributed by atoms with Crippen LogP contribution in [0.3, 0.4) is 0 Å². The van der Waals surface area contributed by atoms with Gasteiger partial charge in [0.15, 0.2) is 0 Å². The largest absolute Gasteiger partial charge is 0.0925 e. The Morgan fingerprint density at radius 3 is 2.75 bits per heavy atom. The number of hydrogen-bond donors (Lipinski definition) is 0. The first kappa shape index (κ1) is 9.05. The maximum atomic E-state index is 3.64. The molecule has 0 nitrogen and oxygen atoms in total. The minimum Gasteiger partial charge on any atom is -0.0925 e. The molecule has 0 saturated heterocycles. The second kappa shape index (κ2) is 3.32. The molecule has 3 unspecified atom stereocenters. The van der Waals surface area contributed by atoms with Gasteiger partial charge in [0.2, 0.25) is 0 Å². The van der Waals surface area contributed by atoms with Crippen LogP contribution in [0.25, 0.3) is 0 Å². The van der Waals surface area contributed by atoms with Crippen LogP contribution >= 0.6 is 15.9 Å². The van der Waals surface area contributed by atoms with Crippen molar-refractivity contribution in [1.29, 1.82) is 0 Å². The fourth-order valence-electron chi connectivity index (χ4n) is 3.36. The SMILES string of the molecule is CCC1CCCCC12CC2CBr. The summed E-state index contributed by atoms with van der Waals surface area (Å²) in [6.45, 7) is 2.38. The van der Waals surface area contributed by atoms with E-state index in [4.69, 9.17) is 0 Å². The standard InChI is InChI=1S/C11H19Br/c1-2-9-5-3-4-6-11(9)7-10(11)8-12/h9-10H,2-8H2,1H3. The van der Waals surface area contributed by atoms with Crippen molar-refractivity contribution in [2.75, 3.05) is 5.33 Å². The first-order chi connectivity index (χ1) is 5.83. The zero-order valence-corrected chi connectivity index (χ0v) is 9.57. The third-order valence-electron chi connectivity index (χ3n) is 4.22. The molecule has 0 amide bonds. The molecule has 2 rings (SSSR count). The maximum Gasteiger partial charge on any atom is 0.00652 e. The summed E-state index contributed by atoms with van der Waals surface area (Å²) in [4.78, 5) is 0. The molecule has 1 heteroatoms. The van der Waals surface area contributed by atoms with Gasteiger partial charge in [-0.1, -0.05) is 42.1 Å². The summed E-state index contributed by atoms with van der Waals surface area (Å²) in [6.07, 6.45) is 8.98. The summed E-state index contributed by atoms with van der Waals surface area (Å²) < 4.78 is 0. The average Bonchev–Trinajstić information content (AvgIpc) is 2.81. The van der Waals surface area contributed by atoms with Crippen molar-refractivity contribution in [2.24, 2.45) is 17.3 Å². The number of alkyl halides is 1. The Morgan fingerprint density at radius 2 is 2.17 bits per heavy atom. The molecule has 2 aliphatic carbocycles. The molecule has 1 spiro atoms. The Labute approximate surface area is 84.2 Å². The molecule has 0 bridgehead atoms. The number of hydrogen-bond acceptors (Lipinski definition) is 0. The third kappa shape index (κ3) is 1.25. The van der Waals surface area contributed by atoms with E-state index in [2.05, 4.69) is 22.9 Å². The van der Waals surface area contributed by atoms with E-state index in [-0.39, 0.29) is 0 Å². The minimum atomic E-state index is 0.816. The fraction of sp³-hybridized carbons (Fsp3) is 1.00. The monoisotopic (exact) mass is 230 g/mol. The smallest absolute Gasteiger partial charge is 0.00652 e. The van der Waals surface area contributed by atoms with E-state index in [9.17, 15) is 0 Å². The molecule has 0 aliphatic heterocycles. The van der Waals surface area contributed by atoms with Crippen LogP contribution in [-0.2, 0) is 0 Å². The van der Waals surface area contributed by atoms with Crippen LogP contribution < -0.4 is 0 Å². The van der Waals surface area contributed by atoms with E-state index in [1.807, 2.05) is 0 Å². The molecule has 2 saturated carbocycles. The summed E-state index contributed by atoms with van der Waals surface area (Å²) >= 11 is 3.64. The second-order valence-electron chi connectivity index (χ2n) is 4.64. The van der Waals surface area contributed by atoms with Gasteiger partial charge in [0, 0.05) is 5.33 Å². The molecule has 0 aromatic rings. The van der Waals surface area contributed by atoms with Crippen LogP contribution in [0.1, 0.15) is 45.4 Å². The van der Waals surface area contributed by atoms with Crippen LogP contribution in [0, 0.1) is 17.3 Å². The molecule has 0 heterocycles. The Kier molecular flexibility index (Phi) is 2.51. The van der Waals surface area contributed by atoms with Gasteiger partial charge < -0.3 is 0 Å². The third-order valence-corrected chi connectivity index (χ3v) is 5.00. The van der Waals surface area contributed by atoms with Gasteiger partial charge in [0.25, 0.3) is 0 Å². The molecular formula is C11H19Br. The van der Waals surface area contributed by atoms with Gasteiger partial charge in [-0.25, -0.2) is 0 Å². The highest BCUT2D eigenvalue weighted by molar-refractivity contribution is 9.09. The van der Waals surface area contributed by atoms with Gasteiger partial charge in [-0.05, 0) is 36.5 Å². The topological polar surface area (TPSA) is 0 Å². The summed E-state index contributed by atoms with van der Waals surface area (Å²) in [5, 5.41) is 1.25. The van der Waals surface area contributed by atoms with Crippen molar-refractivity contribution in [3.05, 3.63) is 0 Å². The molecule has 12 heavy (non-hydrogen) atoms. The van der Waals surface area contributed by atoms with Crippen molar-refractivity contribution in [1.82, 2.24) is 0 Å². The van der Waals surface area contributed by atoms with Gasteiger partial charge in [-0.15, -0.1) is 0 Å². The molecular weight excluding hydrogens is 212 g/mol. The first-order valence-electron chi connectivity index (χ1n) is 5.39. The fourth-order valence-corrected chi connectivity index (χ4v) is 4.23. The molecule has 70 valence electrons. The van der Waals surface area contributed by atoms with E-state index in [1.54, 1.807) is 0 Å². The van der Waals surface area contributed by atoms with Crippen LogP contribution in [-0.4, -0.2) is 5.33 Å². The lowest BCUT2D eigenvalue weighted by Gasteiger charge is -2.32. The van der Waals surface area contributed by atoms with E-state index in [0.717, 1.165) is 17.3 Å². The Bertz CT molecular complexity index is 166. The van der Waals surface area contributed by atoms with Gasteiger partial charge in [-0.2, -0.15) is 0 Å². The maximum absolute atomic E-state index is 3.64. The van der Waals surface area contributed by atoms with Crippen LogP contribution in [0.5, 0.6) is 0 Å². The summed E-state index contributed by atoms with van der Waals surface area (Å²) in [7, 11) is 0. The Morgan fingerprint density at radius 1 is 1.33 bits per heavy atom. The van der Waals surface area contributed by atoms with E-state index >= 15 is 0 Å². The molecule has 2 aliphatic rings. The zero-order chi connectivity index (χ0) is 8.60. The van der Waals surface area contributed by atoms with Crippen LogP contribution in [0.15, 0.2) is 0 Å². The lowest BCUT2D eigenvalue weighted by Crippen LogP contribution is -2.22. The highest BCUT2D eigenvalue weighted by Gasteiger charge is 2.57. The minimum absolute atomic E-state index is 0.816. The highest BCUT2D eigenvalue weighted by Crippen LogP contribution is 2.65. The second-order valence-corrected chi connectivity index (χ2v) is 5.29. The van der Waals surface area contributed by atoms with E-state index in [0.29, 0.717) is 0 Å². The van der Waals surface area contributed by atoms with E-state index < -0.39 is 0 Å². The van der Waals surface area contributed by atoms with Crippen molar-refractivity contribution >= 4 is 15.9 Å². The lowest BCUT2D eigenvalue weighted by molar-refractivity contribution is 0.191. The molecule has 0 radical (unpaired) electrons. The van der Waals surface area contributed by atoms with Crippen molar-refractivity contribution in [2.45, 2.75) is 45.4 Å². The zero-order valence-electron chi connectivity index (χ0n) is 7.98. The summed E-state index contributed by atoms with van der Waals surface area (Å²) in [5.74, 6) is 2.09. The van der Waals surface area contributed by atoms with Crippen molar-refractivity contribution < 1.29 is 0 Å². The van der Waals surface area contributed by atoms with Gasteiger partial charge in [0.1, 0.15) is 0 Å². The van der Waals surface area contributed by atoms with Crippen LogP contribution in [0.2, 0.25) is 0 Å². The Hall–Kier alpha value is 0.480. The first-order valence-corrected chi connectivity index (χ1v) is 6.51. The normalized spacial score (nSPS) is 46.5. The van der Waals surface area contributed by atoms with Crippen molar-refractivity contribution in [3.63, 3.8) is 0 Å². The van der Waals surface area contributed by atoms with Gasteiger partial charge in [0.05, 0.1) is 0 Å². The highest BCUT2D eigenvalue weighted by atomic mass is 79.9.